The molecule has 0 radical (unpaired) electrons. The van der Waals surface area contributed by atoms with Crippen LogP contribution >= 0.6 is 0 Å². The second kappa shape index (κ2) is 8.03. The molecule has 156 valence electrons. The topological polar surface area (TPSA) is 83.1 Å². The molecule has 0 amide bonds. The van der Waals surface area contributed by atoms with Gasteiger partial charge in [-0.3, -0.25) is 15.1 Å². The minimum absolute atomic E-state index is 0.307. The fourth-order valence-corrected chi connectivity index (χ4v) is 3.54. The van der Waals surface area contributed by atoms with E-state index in [1.807, 2.05) is 37.3 Å². The highest BCUT2D eigenvalue weighted by molar-refractivity contribution is 5.92. The van der Waals surface area contributed by atoms with Crippen LogP contribution in [0.25, 0.3) is 51.9 Å². The number of H-pyrrole nitrogens is 2. The molecule has 0 saturated heterocycles. The van der Waals surface area contributed by atoms with Crippen molar-refractivity contribution in [2.45, 2.75) is 6.92 Å². The molecule has 2 N–H and O–H groups in total. The van der Waals surface area contributed by atoms with Gasteiger partial charge in [0.2, 0.25) is 0 Å². The molecular weight excluding hydrogens is 403 g/mol. The highest BCUT2D eigenvalue weighted by atomic mass is 19.1. The number of nitrogens with one attached hydrogen (secondary N) is 2. The van der Waals surface area contributed by atoms with Crippen LogP contribution in [0.5, 0.6) is 0 Å². The maximum absolute atomic E-state index is 13.7. The van der Waals surface area contributed by atoms with Crippen molar-refractivity contribution < 1.29 is 4.39 Å². The number of rotatable bonds is 4. The first-order chi connectivity index (χ1) is 15.6. The van der Waals surface area contributed by atoms with E-state index in [1.165, 1.54) is 12.1 Å². The van der Waals surface area contributed by atoms with Crippen molar-refractivity contribution in [3.05, 3.63) is 89.2 Å². The summed E-state index contributed by atoms with van der Waals surface area (Å²) in [7, 11) is 0. The van der Waals surface area contributed by atoms with Crippen molar-refractivity contribution in [3.63, 3.8) is 0 Å². The molecule has 0 unspecified atom stereocenters. The van der Waals surface area contributed by atoms with E-state index < -0.39 is 0 Å². The average Bonchev–Trinajstić information content (AvgIpc) is 3.41. The molecule has 5 rings (SSSR count). The van der Waals surface area contributed by atoms with E-state index >= 15 is 0 Å². The second-order valence-corrected chi connectivity index (χ2v) is 7.40. The molecule has 0 aliphatic carbocycles. The van der Waals surface area contributed by atoms with E-state index in [9.17, 15) is 4.39 Å². The van der Waals surface area contributed by atoms with Gasteiger partial charge in [0.25, 0.3) is 0 Å². The average molecular weight is 422 g/mol. The molecule has 0 atom stereocenters. The molecular formula is C25H19FN6. The third kappa shape index (κ3) is 3.60. The molecule has 32 heavy (non-hydrogen) atoms. The van der Waals surface area contributed by atoms with Gasteiger partial charge in [0.15, 0.2) is 5.82 Å². The summed E-state index contributed by atoms with van der Waals surface area (Å²) in [6.07, 6.45) is 10.9. The first kappa shape index (κ1) is 19.6. The quantitative estimate of drug-likeness (QED) is 0.461. The Balaban J connectivity index is 1.55. The van der Waals surface area contributed by atoms with Gasteiger partial charge in [-0.2, -0.15) is 5.10 Å². The number of halogens is 1. The Bertz CT molecular complexity index is 1560. The molecule has 4 aromatic heterocycles. The highest BCUT2D eigenvalue weighted by Gasteiger charge is 2.14. The zero-order chi connectivity index (χ0) is 22.1. The number of benzene rings is 1. The van der Waals surface area contributed by atoms with Gasteiger partial charge >= 0.3 is 0 Å². The molecule has 0 saturated carbocycles. The minimum atomic E-state index is -0.307. The summed E-state index contributed by atoms with van der Waals surface area (Å²) >= 11 is 0. The minimum Gasteiger partial charge on any atom is -0.335 e. The lowest BCUT2D eigenvalue weighted by Crippen LogP contribution is -2.21. The molecule has 6 nitrogen and oxygen atoms in total. The molecule has 0 fully saturated rings. The predicted octanol–water partition coefficient (Wildman–Crippen LogP) is 3.84. The van der Waals surface area contributed by atoms with E-state index in [2.05, 4.69) is 31.7 Å². The van der Waals surface area contributed by atoms with E-state index in [-0.39, 0.29) is 5.82 Å². The summed E-state index contributed by atoms with van der Waals surface area (Å²) in [5, 5.41) is 8.96. The lowest BCUT2D eigenvalue weighted by molar-refractivity contribution is 0.628. The van der Waals surface area contributed by atoms with E-state index in [0.717, 1.165) is 32.8 Å². The molecule has 1 aromatic carbocycles. The third-order valence-corrected chi connectivity index (χ3v) is 5.29. The van der Waals surface area contributed by atoms with Gasteiger partial charge in [0.05, 0.1) is 22.6 Å². The number of imidazole rings is 1. The molecule has 0 aliphatic rings. The van der Waals surface area contributed by atoms with Gasteiger partial charge in [-0.25, -0.2) is 9.37 Å². The maximum Gasteiger partial charge on any atom is 0.159 e. The Morgan fingerprint density at radius 2 is 1.94 bits per heavy atom. The summed E-state index contributed by atoms with van der Waals surface area (Å²) < 4.78 is 13.7. The summed E-state index contributed by atoms with van der Waals surface area (Å²) in [5.41, 5.74) is 5.70. The van der Waals surface area contributed by atoms with Crippen molar-refractivity contribution in [2.24, 2.45) is 0 Å². The first-order valence-electron chi connectivity index (χ1n) is 10.0. The van der Waals surface area contributed by atoms with Crippen LogP contribution in [0.4, 0.5) is 4.39 Å². The highest BCUT2D eigenvalue weighted by Crippen LogP contribution is 2.28. The summed E-state index contributed by atoms with van der Waals surface area (Å²) in [6.45, 7) is 6.21. The van der Waals surface area contributed by atoms with Gasteiger partial charge in [0.1, 0.15) is 11.5 Å². The lowest BCUT2D eigenvalue weighted by atomic mass is 10.1. The van der Waals surface area contributed by atoms with Crippen molar-refractivity contribution in [1.29, 1.82) is 0 Å². The number of hydrogen-bond donors (Lipinski definition) is 2. The molecule has 0 aliphatic heterocycles. The van der Waals surface area contributed by atoms with Gasteiger partial charge in [-0.15, -0.1) is 0 Å². The number of hydrogen-bond acceptors (Lipinski definition) is 4. The smallest absolute Gasteiger partial charge is 0.159 e. The fourth-order valence-electron chi connectivity index (χ4n) is 3.54. The number of pyridine rings is 2. The zero-order valence-corrected chi connectivity index (χ0v) is 17.3. The van der Waals surface area contributed by atoms with E-state index in [0.29, 0.717) is 22.6 Å². The van der Waals surface area contributed by atoms with Crippen LogP contribution < -0.4 is 10.6 Å². The zero-order valence-electron chi connectivity index (χ0n) is 17.3. The number of nitrogens with zero attached hydrogens (tertiary/aromatic N) is 4. The first-order valence-corrected chi connectivity index (χ1v) is 10.0. The largest absolute Gasteiger partial charge is 0.335 e. The maximum atomic E-state index is 13.7. The summed E-state index contributed by atoms with van der Waals surface area (Å²) in [4.78, 5) is 16.3. The standard InChI is InChI=1S/C25H19FN6/c1-15(17-8-10-27-11-9-17)6-7-21-16(2)23(32-31-21)25-29-22-14-28-13-20(24(22)30-25)18-4-3-5-19(26)12-18/h3-14,31H,2H2,1H3,(H,29,30)/b15-6+,21-7+. The number of allylic oxidation sites excluding steroid dienone is 2. The van der Waals surface area contributed by atoms with Crippen LogP contribution in [-0.2, 0) is 0 Å². The molecule has 7 heteroatoms. The molecule has 4 heterocycles. The molecule has 0 spiro atoms. The van der Waals surface area contributed by atoms with Gasteiger partial charge in [-0.05, 0) is 54.0 Å². The van der Waals surface area contributed by atoms with Gasteiger partial charge in [0, 0.05) is 29.4 Å². The van der Waals surface area contributed by atoms with E-state index in [1.54, 1.807) is 30.9 Å². The molecule has 0 bridgehead atoms. The van der Waals surface area contributed by atoms with Crippen molar-refractivity contribution in [3.8, 4) is 22.6 Å². The normalized spacial score (nSPS) is 12.6. The van der Waals surface area contributed by atoms with Gasteiger partial charge < -0.3 is 4.98 Å². The number of aromatic nitrogens is 6. The number of aromatic amines is 2. The Morgan fingerprint density at radius 3 is 2.75 bits per heavy atom. The summed E-state index contributed by atoms with van der Waals surface area (Å²) in [5.74, 6) is 0.263. The van der Waals surface area contributed by atoms with Crippen LogP contribution in [0.2, 0.25) is 0 Å². The van der Waals surface area contributed by atoms with Crippen LogP contribution in [0.15, 0.2) is 67.3 Å². The van der Waals surface area contributed by atoms with E-state index in [4.69, 9.17) is 4.98 Å². The Labute approximate surface area is 182 Å². The van der Waals surface area contributed by atoms with Crippen molar-refractivity contribution >= 4 is 29.3 Å². The summed E-state index contributed by atoms with van der Waals surface area (Å²) in [6, 6.07) is 10.3. The van der Waals surface area contributed by atoms with Gasteiger partial charge in [-0.1, -0.05) is 24.8 Å². The van der Waals surface area contributed by atoms with Crippen LogP contribution in [0.3, 0.4) is 0 Å². The fraction of sp³-hybridized carbons (Fsp3) is 0.0400. The van der Waals surface area contributed by atoms with Crippen LogP contribution in [0.1, 0.15) is 12.5 Å². The number of fused-ring (bicyclic) bond motifs is 1. The van der Waals surface area contributed by atoms with Crippen molar-refractivity contribution in [2.75, 3.05) is 0 Å². The lowest BCUT2D eigenvalue weighted by Gasteiger charge is -2.01. The van der Waals surface area contributed by atoms with Crippen LogP contribution in [-0.4, -0.2) is 30.1 Å². The van der Waals surface area contributed by atoms with Crippen molar-refractivity contribution in [1.82, 2.24) is 30.1 Å². The SMILES string of the molecule is C=c1c(-c2nc3c(-c4cccc(F)c4)cncc3[nH]2)n[nH]/c1=C/C=C(\C)c1ccncc1. The Kier molecular flexibility index (Phi) is 4.91. The Morgan fingerprint density at radius 1 is 1.09 bits per heavy atom. The predicted molar refractivity (Wildman–Crippen MR) is 124 cm³/mol. The Hall–Kier alpha value is -4.39. The molecule has 5 aromatic rings. The second-order valence-electron chi connectivity index (χ2n) is 7.40. The monoisotopic (exact) mass is 422 g/mol. The van der Waals surface area contributed by atoms with Crippen LogP contribution in [0, 0.1) is 5.82 Å². The third-order valence-electron chi connectivity index (χ3n) is 5.29.